The molecular weight excluding hydrogens is 368 g/mol. The highest BCUT2D eigenvalue weighted by molar-refractivity contribution is 6.00. The second-order valence-corrected chi connectivity index (χ2v) is 8.01. The third-order valence-electron chi connectivity index (χ3n) is 4.59. The summed E-state index contributed by atoms with van der Waals surface area (Å²) in [6.45, 7) is 6.74. The number of oxime groups is 2. The number of aliphatic hydroxyl groups is 1. The van der Waals surface area contributed by atoms with Crippen molar-refractivity contribution in [3.63, 3.8) is 0 Å². The fourth-order valence-corrected chi connectivity index (χ4v) is 2.98. The average Bonchev–Trinajstić information content (AvgIpc) is 2.71. The van der Waals surface area contributed by atoms with Gasteiger partial charge in [0, 0.05) is 11.1 Å². The molecule has 0 saturated carbocycles. The van der Waals surface area contributed by atoms with E-state index in [2.05, 4.69) is 26.3 Å². The van der Waals surface area contributed by atoms with E-state index in [4.69, 9.17) is 14.8 Å². The third-order valence-corrected chi connectivity index (χ3v) is 4.59. The molecule has 29 heavy (non-hydrogen) atoms. The molecule has 0 radical (unpaired) electrons. The van der Waals surface area contributed by atoms with Gasteiger partial charge in [0.05, 0.1) is 29.9 Å². The first-order valence-electron chi connectivity index (χ1n) is 9.85. The molecule has 0 bridgehead atoms. The van der Waals surface area contributed by atoms with Crippen molar-refractivity contribution in [2.45, 2.75) is 46.6 Å². The summed E-state index contributed by atoms with van der Waals surface area (Å²) >= 11 is 0. The van der Waals surface area contributed by atoms with E-state index >= 15 is 0 Å². The minimum absolute atomic E-state index is 0.102. The highest BCUT2D eigenvalue weighted by Gasteiger charge is 2.22. The Morgan fingerprint density at radius 1 is 1.10 bits per heavy atom. The highest BCUT2D eigenvalue weighted by Crippen LogP contribution is 2.22. The zero-order valence-electron chi connectivity index (χ0n) is 17.3. The van der Waals surface area contributed by atoms with Crippen LogP contribution in [-0.4, -0.2) is 40.2 Å². The summed E-state index contributed by atoms with van der Waals surface area (Å²) < 4.78 is 0. The predicted molar refractivity (Wildman–Crippen MR) is 112 cm³/mol. The second-order valence-electron chi connectivity index (χ2n) is 8.01. The van der Waals surface area contributed by atoms with Crippen molar-refractivity contribution in [1.29, 1.82) is 0 Å². The van der Waals surface area contributed by atoms with Crippen LogP contribution >= 0.6 is 0 Å². The number of hydrogen-bond acceptors (Lipinski definition) is 7. The lowest BCUT2D eigenvalue weighted by atomic mass is 9.94. The Bertz CT molecular complexity index is 893. The number of aromatic nitrogens is 2. The molecule has 154 valence electrons. The molecule has 0 saturated heterocycles. The van der Waals surface area contributed by atoms with E-state index in [1.807, 2.05) is 32.9 Å². The highest BCUT2D eigenvalue weighted by atomic mass is 16.6. The normalized spacial score (nSPS) is 15.5. The van der Waals surface area contributed by atoms with Gasteiger partial charge in [-0.25, -0.2) is 4.98 Å². The fourth-order valence-electron chi connectivity index (χ4n) is 2.98. The summed E-state index contributed by atoms with van der Waals surface area (Å²) in [6, 6.07) is 9.54. The maximum atomic E-state index is 9.12. The molecule has 2 aromatic rings. The molecule has 2 aromatic heterocycles. The van der Waals surface area contributed by atoms with Crippen LogP contribution in [0, 0.1) is 12.3 Å². The zero-order chi connectivity index (χ0) is 20.7. The van der Waals surface area contributed by atoms with Gasteiger partial charge in [-0.3, -0.25) is 4.98 Å². The van der Waals surface area contributed by atoms with Gasteiger partial charge in [0.25, 0.3) is 0 Å². The van der Waals surface area contributed by atoms with Crippen molar-refractivity contribution in [3.8, 4) is 0 Å². The van der Waals surface area contributed by atoms with Crippen LogP contribution in [0.3, 0.4) is 0 Å². The standard InChI is InChI=1S/C22H28N4O3/c1-16-10-11-17-6-4-9-20(21(17)24-16)26-29-15-22(2,3)14-28-23-12-18-7-5-8-19(13-27)25-18/h5,7-8,10-12,27H,4,6,9,13-15H2,1-3H3. The largest absolute Gasteiger partial charge is 0.395 e. The molecule has 1 aliphatic rings. The second kappa shape index (κ2) is 9.60. The summed E-state index contributed by atoms with van der Waals surface area (Å²) in [5, 5.41) is 17.5. The summed E-state index contributed by atoms with van der Waals surface area (Å²) in [5.74, 6) is 0. The Balaban J connectivity index is 1.51. The van der Waals surface area contributed by atoms with E-state index < -0.39 is 0 Å². The van der Waals surface area contributed by atoms with Gasteiger partial charge in [-0.1, -0.05) is 36.3 Å². The van der Waals surface area contributed by atoms with Crippen LogP contribution in [0.4, 0.5) is 0 Å². The van der Waals surface area contributed by atoms with E-state index in [1.165, 1.54) is 11.8 Å². The van der Waals surface area contributed by atoms with Crippen LogP contribution in [0.2, 0.25) is 0 Å². The van der Waals surface area contributed by atoms with Gasteiger partial charge in [0.15, 0.2) is 0 Å². The molecule has 0 aromatic carbocycles. The van der Waals surface area contributed by atoms with E-state index in [9.17, 15) is 0 Å². The first-order valence-corrected chi connectivity index (χ1v) is 9.85. The Labute approximate surface area is 171 Å². The molecule has 7 nitrogen and oxygen atoms in total. The Morgan fingerprint density at radius 2 is 1.93 bits per heavy atom. The van der Waals surface area contributed by atoms with Crippen LogP contribution in [0.1, 0.15) is 55.0 Å². The van der Waals surface area contributed by atoms with E-state index in [0.717, 1.165) is 36.4 Å². The first kappa shape index (κ1) is 20.9. The lowest BCUT2D eigenvalue weighted by molar-refractivity contribution is 0.000294. The minimum Gasteiger partial charge on any atom is -0.395 e. The zero-order valence-corrected chi connectivity index (χ0v) is 17.3. The molecule has 0 atom stereocenters. The fraction of sp³-hybridized carbons (Fsp3) is 0.455. The number of fused-ring (bicyclic) bond motifs is 1. The Kier molecular flexibility index (Phi) is 6.93. The lowest BCUT2D eigenvalue weighted by Crippen LogP contribution is -2.24. The van der Waals surface area contributed by atoms with Crippen molar-refractivity contribution in [3.05, 3.63) is 58.7 Å². The molecule has 2 heterocycles. The van der Waals surface area contributed by atoms with Gasteiger partial charge in [0.2, 0.25) is 0 Å². The van der Waals surface area contributed by atoms with Gasteiger partial charge in [-0.05, 0) is 49.9 Å². The monoisotopic (exact) mass is 396 g/mol. The maximum Gasteiger partial charge on any atom is 0.125 e. The number of pyridine rings is 2. The summed E-state index contributed by atoms with van der Waals surface area (Å²) in [7, 11) is 0. The van der Waals surface area contributed by atoms with Gasteiger partial charge in [-0.15, -0.1) is 0 Å². The van der Waals surface area contributed by atoms with Crippen molar-refractivity contribution in [1.82, 2.24) is 9.97 Å². The Morgan fingerprint density at radius 3 is 2.76 bits per heavy atom. The summed E-state index contributed by atoms with van der Waals surface area (Å²) in [6.07, 6.45) is 4.51. The molecule has 1 aliphatic carbocycles. The first-order chi connectivity index (χ1) is 14.0. The van der Waals surface area contributed by atoms with Gasteiger partial charge < -0.3 is 14.8 Å². The molecule has 0 amide bonds. The minimum atomic E-state index is -0.265. The van der Waals surface area contributed by atoms with Crippen molar-refractivity contribution < 1.29 is 14.8 Å². The SMILES string of the molecule is Cc1ccc2c(n1)C(=NOCC(C)(C)CON=Cc1cccc(CO)n1)CCC2. The topological polar surface area (TPSA) is 89.2 Å². The average molecular weight is 396 g/mol. The molecule has 0 unspecified atom stereocenters. The quantitative estimate of drug-likeness (QED) is 0.546. The number of nitrogens with zero attached hydrogens (tertiary/aromatic N) is 4. The molecule has 1 N–H and O–H groups in total. The van der Waals surface area contributed by atoms with Crippen LogP contribution < -0.4 is 0 Å². The number of aryl methyl sites for hydroxylation is 2. The van der Waals surface area contributed by atoms with Crippen LogP contribution in [0.25, 0.3) is 0 Å². The Hall–Kier alpha value is -2.80. The van der Waals surface area contributed by atoms with Crippen LogP contribution in [-0.2, 0) is 22.7 Å². The van der Waals surface area contributed by atoms with Crippen molar-refractivity contribution in [2.75, 3.05) is 13.2 Å². The molecule has 0 fully saturated rings. The molecule has 3 rings (SSSR count). The van der Waals surface area contributed by atoms with Gasteiger partial charge in [0.1, 0.15) is 18.9 Å². The van der Waals surface area contributed by atoms with E-state index in [1.54, 1.807) is 12.1 Å². The van der Waals surface area contributed by atoms with E-state index in [0.29, 0.717) is 24.6 Å². The summed E-state index contributed by atoms with van der Waals surface area (Å²) in [5.41, 5.74) is 5.07. The lowest BCUT2D eigenvalue weighted by Gasteiger charge is -2.22. The maximum absolute atomic E-state index is 9.12. The van der Waals surface area contributed by atoms with E-state index in [-0.39, 0.29) is 12.0 Å². The molecule has 7 heteroatoms. The smallest absolute Gasteiger partial charge is 0.125 e. The number of rotatable bonds is 8. The predicted octanol–water partition coefficient (Wildman–Crippen LogP) is 3.41. The number of hydrogen-bond donors (Lipinski definition) is 1. The van der Waals surface area contributed by atoms with Gasteiger partial charge >= 0.3 is 0 Å². The third kappa shape index (κ3) is 6.09. The molecular formula is C22H28N4O3. The molecule has 0 spiro atoms. The van der Waals surface area contributed by atoms with Gasteiger partial charge in [-0.2, -0.15) is 0 Å². The van der Waals surface area contributed by atoms with Crippen LogP contribution in [0.5, 0.6) is 0 Å². The number of aliphatic hydroxyl groups excluding tert-OH is 1. The van der Waals surface area contributed by atoms with Crippen molar-refractivity contribution >= 4 is 11.9 Å². The van der Waals surface area contributed by atoms with Crippen molar-refractivity contribution in [2.24, 2.45) is 15.7 Å². The van der Waals surface area contributed by atoms with Crippen LogP contribution in [0.15, 0.2) is 40.6 Å². The molecule has 0 aliphatic heterocycles. The summed E-state index contributed by atoms with van der Waals surface area (Å²) in [4.78, 5) is 19.9.